The maximum absolute atomic E-state index is 9.96. The van der Waals surface area contributed by atoms with Crippen molar-refractivity contribution in [1.82, 2.24) is 0 Å². The van der Waals surface area contributed by atoms with E-state index in [1.165, 1.54) is 33.0 Å². The first-order valence-electron chi connectivity index (χ1n) is 14.1. The molecule has 3 aliphatic rings. The third-order valence-corrected chi connectivity index (χ3v) is 9.60. The second-order valence-corrected chi connectivity index (χ2v) is 12.3. The minimum Gasteiger partial charge on any atom is -0.457 e. The fourth-order valence-electron chi connectivity index (χ4n) is 6.93. The number of hydrogen-bond acceptors (Lipinski definition) is 4. The van der Waals surface area contributed by atoms with Gasteiger partial charge in [-0.25, -0.2) is 0 Å². The van der Waals surface area contributed by atoms with Gasteiger partial charge in [-0.2, -0.15) is 5.26 Å². The molecule has 0 bridgehead atoms. The molecule has 0 amide bonds. The first-order chi connectivity index (χ1) is 19.7. The zero-order valence-electron chi connectivity index (χ0n) is 23.5. The molecule has 1 fully saturated rings. The number of nitriles is 1. The van der Waals surface area contributed by atoms with Gasteiger partial charge in [0.25, 0.3) is 0 Å². The van der Waals surface area contributed by atoms with Crippen LogP contribution in [0.5, 0.6) is 11.5 Å². The van der Waals surface area contributed by atoms with Gasteiger partial charge in [0.2, 0.25) is 0 Å². The Hall–Kier alpha value is -4.37. The molecule has 1 saturated heterocycles. The molecule has 5 heteroatoms. The van der Waals surface area contributed by atoms with Gasteiger partial charge < -0.3 is 14.0 Å². The zero-order valence-corrected chi connectivity index (χ0v) is 23.5. The van der Waals surface area contributed by atoms with Crippen molar-refractivity contribution in [2.45, 2.75) is 44.3 Å². The summed E-state index contributed by atoms with van der Waals surface area (Å²) in [5.74, 6) is 1.55. The summed E-state index contributed by atoms with van der Waals surface area (Å²) in [5.41, 5.74) is 6.71. The quantitative estimate of drug-likeness (QED) is 0.205. The SMILES string of the molecule is CC1(C)OB(c2ccc3c(c2)C2(c4cc(C#N)ccc4O3)c3ccccc3-c3c2ccc2ccccc32)OC1(C)C. The Morgan fingerprint density at radius 3 is 2.12 bits per heavy atom. The van der Waals surface area contributed by atoms with Crippen molar-refractivity contribution in [3.8, 4) is 28.7 Å². The number of fused-ring (bicyclic) bond motifs is 11. The summed E-state index contributed by atoms with van der Waals surface area (Å²) in [7, 11) is -0.512. The lowest BCUT2D eigenvalue weighted by Crippen LogP contribution is -2.41. The first kappa shape index (κ1) is 24.4. The van der Waals surface area contributed by atoms with E-state index in [2.05, 4.69) is 100 Å². The van der Waals surface area contributed by atoms with Gasteiger partial charge >= 0.3 is 7.12 Å². The van der Waals surface area contributed by atoms with Crippen LogP contribution in [0.1, 0.15) is 55.5 Å². The van der Waals surface area contributed by atoms with Crippen molar-refractivity contribution >= 4 is 23.4 Å². The summed E-state index contributed by atoms with van der Waals surface area (Å²) in [6.07, 6.45) is 0. The maximum Gasteiger partial charge on any atom is 0.494 e. The van der Waals surface area contributed by atoms with E-state index in [-0.39, 0.29) is 0 Å². The average Bonchev–Trinajstić information content (AvgIpc) is 3.40. The van der Waals surface area contributed by atoms with Gasteiger partial charge in [-0.3, -0.25) is 0 Å². The molecule has 1 aliphatic carbocycles. The van der Waals surface area contributed by atoms with Gasteiger partial charge in [0.1, 0.15) is 11.5 Å². The molecule has 1 spiro atoms. The van der Waals surface area contributed by atoms with E-state index in [1.54, 1.807) is 0 Å². The first-order valence-corrected chi connectivity index (χ1v) is 14.1. The minimum absolute atomic E-state index is 0.457. The lowest BCUT2D eigenvalue weighted by atomic mass is 9.64. The number of hydrogen-bond donors (Lipinski definition) is 0. The molecule has 41 heavy (non-hydrogen) atoms. The Bertz CT molecular complexity index is 1950. The highest BCUT2D eigenvalue weighted by Crippen LogP contribution is 2.63. The van der Waals surface area contributed by atoms with Crippen molar-refractivity contribution < 1.29 is 14.0 Å². The van der Waals surface area contributed by atoms with Crippen molar-refractivity contribution in [1.29, 1.82) is 5.26 Å². The molecular weight excluding hydrogens is 505 g/mol. The predicted molar refractivity (Wildman–Crippen MR) is 162 cm³/mol. The van der Waals surface area contributed by atoms with E-state index in [0.717, 1.165) is 28.1 Å². The Morgan fingerprint density at radius 1 is 0.659 bits per heavy atom. The fourth-order valence-corrected chi connectivity index (χ4v) is 6.93. The lowest BCUT2D eigenvalue weighted by Gasteiger charge is -2.39. The summed E-state index contributed by atoms with van der Waals surface area (Å²) < 4.78 is 19.6. The molecule has 0 saturated carbocycles. The number of nitrogens with zero attached hydrogens (tertiary/aromatic N) is 1. The molecule has 0 N–H and O–H groups in total. The van der Waals surface area contributed by atoms with Crippen LogP contribution in [0, 0.1) is 11.3 Å². The molecule has 1 unspecified atom stereocenters. The second-order valence-electron chi connectivity index (χ2n) is 12.3. The summed E-state index contributed by atoms with van der Waals surface area (Å²) in [5, 5.41) is 12.4. The number of rotatable bonds is 1. The van der Waals surface area contributed by atoms with Gasteiger partial charge in [-0.15, -0.1) is 0 Å². The number of benzene rings is 5. The maximum atomic E-state index is 9.96. The van der Waals surface area contributed by atoms with Crippen LogP contribution in [-0.2, 0) is 14.7 Å². The molecule has 0 aromatic heterocycles. The minimum atomic E-state index is -0.689. The Kier molecular flexibility index (Phi) is 4.83. The van der Waals surface area contributed by atoms with E-state index in [0.29, 0.717) is 5.56 Å². The highest BCUT2D eigenvalue weighted by molar-refractivity contribution is 6.62. The highest BCUT2D eigenvalue weighted by atomic mass is 16.7. The summed E-state index contributed by atoms with van der Waals surface area (Å²) in [6, 6.07) is 36.1. The van der Waals surface area contributed by atoms with Crippen LogP contribution < -0.4 is 10.2 Å². The van der Waals surface area contributed by atoms with Crippen LogP contribution in [0.15, 0.2) is 97.1 Å². The standard InChI is InChI=1S/C36H28BNO3/c1-34(2)35(3,4)41-37(40-34)24-15-18-32-30(20-24)36(29-19-22(21-38)13-17-31(29)39-32)27-12-8-7-11-26(27)33-25-10-6-5-9-23(25)14-16-28(33)36/h5-20H,1-4H3. The molecule has 2 heterocycles. The third kappa shape index (κ3) is 3.12. The van der Waals surface area contributed by atoms with Gasteiger partial charge in [-0.05, 0) is 90.4 Å². The third-order valence-electron chi connectivity index (χ3n) is 9.60. The van der Waals surface area contributed by atoms with Crippen LogP contribution in [0.4, 0.5) is 0 Å². The van der Waals surface area contributed by atoms with Crippen molar-refractivity contribution in [2.75, 3.05) is 0 Å². The molecule has 2 aliphatic heterocycles. The van der Waals surface area contributed by atoms with Crippen LogP contribution in [0.25, 0.3) is 21.9 Å². The van der Waals surface area contributed by atoms with Gasteiger partial charge in [0.05, 0.1) is 28.2 Å². The molecule has 4 nitrogen and oxygen atoms in total. The second kappa shape index (κ2) is 8.10. The number of ether oxygens (including phenoxy) is 1. The van der Waals surface area contributed by atoms with Crippen molar-refractivity contribution in [3.05, 3.63) is 125 Å². The Balaban J connectivity index is 1.48. The summed E-state index contributed by atoms with van der Waals surface area (Å²) in [4.78, 5) is 0. The topological polar surface area (TPSA) is 51.5 Å². The van der Waals surface area contributed by atoms with E-state index < -0.39 is 23.7 Å². The smallest absolute Gasteiger partial charge is 0.457 e. The van der Waals surface area contributed by atoms with Crippen molar-refractivity contribution in [3.63, 3.8) is 0 Å². The van der Waals surface area contributed by atoms with Crippen molar-refractivity contribution in [2.24, 2.45) is 0 Å². The van der Waals surface area contributed by atoms with Gasteiger partial charge in [0.15, 0.2) is 0 Å². The van der Waals surface area contributed by atoms with Crippen LogP contribution in [-0.4, -0.2) is 18.3 Å². The fraction of sp³-hybridized carbons (Fsp3) is 0.194. The monoisotopic (exact) mass is 533 g/mol. The molecule has 8 rings (SSSR count). The summed E-state index contributed by atoms with van der Waals surface area (Å²) in [6.45, 7) is 8.29. The van der Waals surface area contributed by atoms with Crippen LogP contribution in [0.3, 0.4) is 0 Å². The lowest BCUT2D eigenvalue weighted by molar-refractivity contribution is 0.00578. The molecular formula is C36H28BNO3. The summed E-state index contributed by atoms with van der Waals surface area (Å²) >= 11 is 0. The molecule has 5 aromatic rings. The molecule has 0 radical (unpaired) electrons. The van der Waals surface area contributed by atoms with Gasteiger partial charge in [0, 0.05) is 11.1 Å². The molecule has 198 valence electrons. The van der Waals surface area contributed by atoms with Crippen LogP contribution in [0.2, 0.25) is 0 Å². The van der Waals surface area contributed by atoms with E-state index in [4.69, 9.17) is 14.0 Å². The molecule has 5 aromatic carbocycles. The average molecular weight is 533 g/mol. The largest absolute Gasteiger partial charge is 0.494 e. The normalized spacial score (nSPS) is 20.6. The predicted octanol–water partition coefficient (Wildman–Crippen LogP) is 7.48. The Labute approximate surface area is 240 Å². The Morgan fingerprint density at radius 2 is 1.34 bits per heavy atom. The van der Waals surface area contributed by atoms with E-state index in [1.807, 2.05) is 30.3 Å². The van der Waals surface area contributed by atoms with E-state index >= 15 is 0 Å². The van der Waals surface area contributed by atoms with Crippen LogP contribution >= 0.6 is 0 Å². The zero-order chi connectivity index (χ0) is 28.1. The van der Waals surface area contributed by atoms with Gasteiger partial charge in [-0.1, -0.05) is 72.8 Å². The highest BCUT2D eigenvalue weighted by Gasteiger charge is 2.54. The molecule has 1 atom stereocenters. The van der Waals surface area contributed by atoms with E-state index in [9.17, 15) is 5.26 Å².